The van der Waals surface area contributed by atoms with Gasteiger partial charge in [0.05, 0.1) is 18.8 Å². The summed E-state index contributed by atoms with van der Waals surface area (Å²) < 4.78 is 0. The number of ketones is 1. The molecule has 0 aliphatic heterocycles. The fourth-order valence-corrected chi connectivity index (χ4v) is 3.36. The maximum Gasteiger partial charge on any atom is 0.164 e. The Balaban J connectivity index is 1.65. The van der Waals surface area contributed by atoms with Gasteiger partial charge in [0.25, 0.3) is 0 Å². The first-order valence-corrected chi connectivity index (χ1v) is 9.20. The third-order valence-electron chi connectivity index (χ3n) is 4.92. The number of carbonyl (C=O) groups excluding carboxylic acids is 1. The molecule has 3 aromatic carbocycles. The number of carbonyl (C=O) groups is 1. The van der Waals surface area contributed by atoms with Gasteiger partial charge in [0.2, 0.25) is 0 Å². The summed E-state index contributed by atoms with van der Waals surface area (Å²) in [6.45, 7) is 2.21. The Hall–Kier alpha value is -2.53. The summed E-state index contributed by atoms with van der Waals surface area (Å²) >= 11 is 0. The third kappa shape index (κ3) is 4.42. The Morgan fingerprint density at radius 3 is 2.33 bits per heavy atom. The fraction of sp³-hybridized carbons (Fsp3) is 0.261. The van der Waals surface area contributed by atoms with Crippen LogP contribution in [0.4, 0.5) is 0 Å². The van der Waals surface area contributed by atoms with Crippen LogP contribution in [0.1, 0.15) is 34.0 Å². The minimum atomic E-state index is -0.827. The fourth-order valence-electron chi connectivity index (χ4n) is 3.36. The first kappa shape index (κ1) is 19.2. The van der Waals surface area contributed by atoms with Gasteiger partial charge in [-0.25, -0.2) is 0 Å². The van der Waals surface area contributed by atoms with Crippen LogP contribution in [0.5, 0.6) is 0 Å². The van der Waals surface area contributed by atoms with E-state index in [1.807, 2.05) is 73.7 Å². The maximum atomic E-state index is 12.7. The van der Waals surface area contributed by atoms with Gasteiger partial charge in [-0.15, -0.1) is 0 Å². The molecule has 0 amide bonds. The molecule has 4 nitrogen and oxygen atoms in total. The summed E-state index contributed by atoms with van der Waals surface area (Å²) in [5.41, 5.74) is 2.59. The highest BCUT2D eigenvalue weighted by Crippen LogP contribution is 2.23. The summed E-state index contributed by atoms with van der Waals surface area (Å²) in [5.74, 6) is 0.0459. The molecule has 0 spiro atoms. The molecule has 0 aliphatic carbocycles. The number of aryl methyl sites for hydroxylation is 1. The normalized spacial score (nSPS) is 13.4. The van der Waals surface area contributed by atoms with E-state index in [1.54, 1.807) is 0 Å². The van der Waals surface area contributed by atoms with Crippen molar-refractivity contribution in [2.45, 2.75) is 25.5 Å². The molecule has 0 fully saturated rings. The van der Waals surface area contributed by atoms with Crippen LogP contribution in [0.2, 0.25) is 0 Å². The van der Waals surface area contributed by atoms with Crippen molar-refractivity contribution in [2.24, 2.45) is 0 Å². The number of nitrogens with one attached hydrogen (secondary N) is 1. The van der Waals surface area contributed by atoms with E-state index < -0.39 is 12.1 Å². The van der Waals surface area contributed by atoms with E-state index in [-0.39, 0.29) is 12.4 Å². The number of rotatable bonds is 8. The van der Waals surface area contributed by atoms with Gasteiger partial charge in [0.15, 0.2) is 5.78 Å². The highest BCUT2D eigenvalue weighted by atomic mass is 16.3. The van der Waals surface area contributed by atoms with E-state index in [4.69, 9.17) is 0 Å². The molecular weight excluding hydrogens is 338 g/mol. The van der Waals surface area contributed by atoms with E-state index in [2.05, 4.69) is 5.32 Å². The summed E-state index contributed by atoms with van der Waals surface area (Å²) in [7, 11) is 0. The molecular formula is C23H25NO3. The van der Waals surface area contributed by atoms with Gasteiger partial charge in [0, 0.05) is 18.5 Å². The largest absolute Gasteiger partial charge is 0.395 e. The molecule has 4 heteroatoms. The standard InChI is InChI=1S/C23H25NO3/c1-16-11-12-20(19-10-6-5-9-18(16)19)22(26)13-14-24-21(15-25)23(27)17-7-3-2-4-8-17/h2-12,21,23-25,27H,13-15H2,1H3. The van der Waals surface area contributed by atoms with E-state index >= 15 is 0 Å². The van der Waals surface area contributed by atoms with E-state index in [0.717, 1.165) is 21.9 Å². The maximum absolute atomic E-state index is 12.7. The average molecular weight is 363 g/mol. The van der Waals surface area contributed by atoms with Crippen LogP contribution >= 0.6 is 0 Å². The van der Waals surface area contributed by atoms with Crippen LogP contribution in [0.25, 0.3) is 10.8 Å². The topological polar surface area (TPSA) is 69.6 Å². The molecule has 140 valence electrons. The van der Waals surface area contributed by atoms with Gasteiger partial charge in [0.1, 0.15) is 0 Å². The molecule has 3 N–H and O–H groups in total. The minimum Gasteiger partial charge on any atom is -0.395 e. The Morgan fingerprint density at radius 2 is 1.63 bits per heavy atom. The van der Waals surface area contributed by atoms with Crippen molar-refractivity contribution < 1.29 is 15.0 Å². The third-order valence-corrected chi connectivity index (χ3v) is 4.92. The van der Waals surface area contributed by atoms with Gasteiger partial charge in [-0.2, -0.15) is 0 Å². The number of hydrogen-bond acceptors (Lipinski definition) is 4. The van der Waals surface area contributed by atoms with Gasteiger partial charge in [-0.1, -0.05) is 66.7 Å². The monoisotopic (exact) mass is 363 g/mol. The molecule has 0 aliphatic rings. The predicted molar refractivity (Wildman–Crippen MR) is 108 cm³/mol. The number of fused-ring (bicyclic) bond motifs is 1. The molecule has 0 saturated heterocycles. The zero-order valence-electron chi connectivity index (χ0n) is 15.4. The van der Waals surface area contributed by atoms with Crippen LogP contribution in [-0.2, 0) is 0 Å². The van der Waals surface area contributed by atoms with E-state index in [9.17, 15) is 15.0 Å². The van der Waals surface area contributed by atoms with Gasteiger partial charge in [-0.05, 0) is 28.8 Å². The average Bonchev–Trinajstić information content (AvgIpc) is 2.72. The number of aliphatic hydroxyl groups excluding tert-OH is 2. The van der Waals surface area contributed by atoms with E-state index in [0.29, 0.717) is 18.5 Å². The molecule has 0 aromatic heterocycles. The summed E-state index contributed by atoms with van der Waals surface area (Å²) in [5, 5.41) is 25.2. The van der Waals surface area contributed by atoms with Crippen LogP contribution in [0.3, 0.4) is 0 Å². The Morgan fingerprint density at radius 1 is 0.963 bits per heavy atom. The lowest BCUT2D eigenvalue weighted by Crippen LogP contribution is -2.39. The second kappa shape index (κ2) is 8.91. The molecule has 0 bridgehead atoms. The first-order chi connectivity index (χ1) is 13.1. The lowest BCUT2D eigenvalue weighted by molar-refractivity contribution is 0.0864. The first-order valence-electron chi connectivity index (χ1n) is 9.20. The van der Waals surface area contributed by atoms with Crippen molar-refractivity contribution in [3.63, 3.8) is 0 Å². The lowest BCUT2D eigenvalue weighted by atomic mass is 9.96. The van der Waals surface area contributed by atoms with E-state index in [1.165, 1.54) is 0 Å². The van der Waals surface area contributed by atoms with Crippen molar-refractivity contribution in [1.82, 2.24) is 5.32 Å². The summed E-state index contributed by atoms with van der Waals surface area (Å²) in [6.07, 6.45) is -0.531. The minimum absolute atomic E-state index is 0.0459. The SMILES string of the molecule is Cc1ccc(C(=O)CCNC(CO)C(O)c2ccccc2)c2ccccc12. The second-order valence-corrected chi connectivity index (χ2v) is 6.75. The highest BCUT2D eigenvalue weighted by Gasteiger charge is 2.20. The van der Waals surface area contributed by atoms with Crippen LogP contribution in [0, 0.1) is 6.92 Å². The molecule has 0 saturated carbocycles. The zero-order chi connectivity index (χ0) is 19.2. The summed E-state index contributed by atoms with van der Waals surface area (Å²) in [6, 6.07) is 20.4. The second-order valence-electron chi connectivity index (χ2n) is 6.75. The predicted octanol–water partition coefficient (Wildman–Crippen LogP) is 3.41. The number of Topliss-reactive ketones (excluding diaryl/α,β-unsaturated/α-hetero) is 1. The van der Waals surface area contributed by atoms with Gasteiger partial charge in [-0.3, -0.25) is 4.79 Å². The lowest BCUT2D eigenvalue weighted by Gasteiger charge is -2.22. The Labute approximate surface area is 159 Å². The quantitative estimate of drug-likeness (QED) is 0.537. The van der Waals surface area contributed by atoms with Crippen molar-refractivity contribution in [3.8, 4) is 0 Å². The molecule has 3 rings (SSSR count). The number of aliphatic hydroxyl groups is 2. The van der Waals surface area contributed by atoms with Crippen LogP contribution < -0.4 is 5.32 Å². The van der Waals surface area contributed by atoms with Crippen LogP contribution in [-0.4, -0.2) is 35.2 Å². The van der Waals surface area contributed by atoms with Gasteiger partial charge >= 0.3 is 0 Å². The van der Waals surface area contributed by atoms with Crippen molar-refractivity contribution in [2.75, 3.05) is 13.2 Å². The Kier molecular flexibility index (Phi) is 6.35. The Bertz CT molecular complexity index is 908. The van der Waals surface area contributed by atoms with Crippen molar-refractivity contribution in [3.05, 3.63) is 83.4 Å². The molecule has 27 heavy (non-hydrogen) atoms. The molecule has 2 unspecified atom stereocenters. The smallest absolute Gasteiger partial charge is 0.164 e. The van der Waals surface area contributed by atoms with Crippen LogP contribution in [0.15, 0.2) is 66.7 Å². The number of benzene rings is 3. The zero-order valence-corrected chi connectivity index (χ0v) is 15.4. The summed E-state index contributed by atoms with van der Waals surface area (Å²) in [4.78, 5) is 12.7. The van der Waals surface area contributed by atoms with Crippen molar-refractivity contribution in [1.29, 1.82) is 0 Å². The molecule has 0 radical (unpaired) electrons. The van der Waals surface area contributed by atoms with Crippen molar-refractivity contribution >= 4 is 16.6 Å². The molecule has 0 heterocycles. The highest BCUT2D eigenvalue weighted by molar-refractivity contribution is 6.08. The molecule has 3 aromatic rings. The van der Waals surface area contributed by atoms with Gasteiger partial charge < -0.3 is 15.5 Å². The number of hydrogen-bond donors (Lipinski definition) is 3. The molecule has 2 atom stereocenters.